The minimum Gasteiger partial charge on any atom is -0.508 e. The second-order valence-electron chi connectivity index (χ2n) is 4.00. The van der Waals surface area contributed by atoms with Gasteiger partial charge in [0.1, 0.15) is 5.75 Å². The molecule has 0 aliphatic heterocycles. The fraction of sp³-hybridized carbons (Fsp3) is 0.417. The van der Waals surface area contributed by atoms with Crippen molar-refractivity contribution in [1.82, 2.24) is 20.2 Å². The van der Waals surface area contributed by atoms with Gasteiger partial charge in [0, 0.05) is 20.0 Å². The van der Waals surface area contributed by atoms with Crippen LogP contribution in [0.4, 0.5) is 0 Å². The molecule has 0 saturated heterocycles. The quantitative estimate of drug-likeness (QED) is 0.609. The second-order valence-corrected chi connectivity index (χ2v) is 4.95. The van der Waals surface area contributed by atoms with Crippen molar-refractivity contribution in [2.45, 2.75) is 23.7 Å². The van der Waals surface area contributed by atoms with Crippen LogP contribution >= 0.6 is 11.8 Å². The second kappa shape index (κ2) is 7.22. The summed E-state index contributed by atoms with van der Waals surface area (Å²) in [6.45, 7) is 0.419. The zero-order valence-electron chi connectivity index (χ0n) is 11.3. The fourth-order valence-corrected chi connectivity index (χ4v) is 2.42. The van der Waals surface area contributed by atoms with Gasteiger partial charge in [0.05, 0.1) is 6.54 Å². The molecule has 1 N–H and O–H groups in total. The van der Waals surface area contributed by atoms with Crippen LogP contribution in [0.25, 0.3) is 0 Å². The molecule has 0 aliphatic carbocycles. The van der Waals surface area contributed by atoms with E-state index in [-0.39, 0.29) is 5.75 Å². The van der Waals surface area contributed by atoms with Crippen molar-refractivity contribution in [3.05, 3.63) is 29.8 Å². The molecule has 2 aromatic rings. The van der Waals surface area contributed by atoms with Crippen molar-refractivity contribution in [2.24, 2.45) is 0 Å². The van der Waals surface area contributed by atoms with E-state index >= 15 is 0 Å². The Morgan fingerprint density at radius 1 is 1.35 bits per heavy atom. The Labute approximate surface area is 120 Å². The highest BCUT2D eigenvalue weighted by Crippen LogP contribution is 2.22. The van der Waals surface area contributed by atoms with Crippen molar-refractivity contribution in [3.8, 4) is 5.75 Å². The van der Waals surface area contributed by atoms with Crippen LogP contribution in [0.1, 0.15) is 5.56 Å². The summed E-state index contributed by atoms with van der Waals surface area (Å²) in [6.07, 6.45) is -0.390. The Morgan fingerprint density at radius 2 is 2.15 bits per heavy atom. The number of nitrogens with zero attached hydrogens (tertiary/aromatic N) is 4. The predicted octanol–water partition coefficient (Wildman–Crippen LogP) is 1.29. The summed E-state index contributed by atoms with van der Waals surface area (Å²) < 4.78 is 11.9. The van der Waals surface area contributed by atoms with E-state index in [1.54, 1.807) is 37.1 Å². The average Bonchev–Trinajstić information content (AvgIpc) is 2.90. The molecular formula is C12H16N4O3S. The van der Waals surface area contributed by atoms with Gasteiger partial charge in [0.2, 0.25) is 5.16 Å². The molecule has 2 rings (SSSR count). The van der Waals surface area contributed by atoms with Gasteiger partial charge >= 0.3 is 0 Å². The van der Waals surface area contributed by atoms with Gasteiger partial charge in [-0.3, -0.25) is 0 Å². The van der Waals surface area contributed by atoms with Crippen LogP contribution in [0, 0.1) is 0 Å². The molecule has 0 fully saturated rings. The maximum atomic E-state index is 9.42. The number of rotatable bonds is 7. The Bertz CT molecular complexity index is 545. The van der Waals surface area contributed by atoms with Crippen LogP contribution in [-0.2, 0) is 21.8 Å². The highest BCUT2D eigenvalue weighted by molar-refractivity contribution is 7.98. The van der Waals surface area contributed by atoms with E-state index in [0.717, 1.165) is 5.56 Å². The topological polar surface area (TPSA) is 82.3 Å². The average molecular weight is 296 g/mol. The number of phenolic OH excluding ortho intramolecular Hbond substituents is 1. The number of phenols is 1. The normalized spacial score (nSPS) is 11.2. The maximum absolute atomic E-state index is 9.42. The number of tetrazole rings is 1. The van der Waals surface area contributed by atoms with Crippen LogP contribution in [0.5, 0.6) is 5.75 Å². The molecule has 8 heteroatoms. The molecule has 108 valence electrons. The Hall–Kier alpha value is -1.64. The molecule has 0 atom stereocenters. The molecule has 0 bridgehead atoms. The first-order chi connectivity index (χ1) is 9.72. The van der Waals surface area contributed by atoms with Crippen molar-refractivity contribution in [3.63, 3.8) is 0 Å². The Balaban J connectivity index is 1.98. The Kier molecular flexibility index (Phi) is 5.33. The third-order valence-corrected chi connectivity index (χ3v) is 3.65. The SMILES string of the molecule is COC(Cn1nnnc1SCc1cccc(O)c1)OC. The van der Waals surface area contributed by atoms with Crippen molar-refractivity contribution < 1.29 is 14.6 Å². The third-order valence-electron chi connectivity index (χ3n) is 2.63. The maximum Gasteiger partial charge on any atom is 0.209 e. The molecule has 0 spiro atoms. The van der Waals surface area contributed by atoms with Crippen LogP contribution in [0.3, 0.4) is 0 Å². The summed E-state index contributed by atoms with van der Waals surface area (Å²) in [6, 6.07) is 7.10. The molecule has 7 nitrogen and oxygen atoms in total. The predicted molar refractivity (Wildman–Crippen MR) is 73.3 cm³/mol. The van der Waals surface area contributed by atoms with Crippen molar-refractivity contribution >= 4 is 11.8 Å². The summed E-state index contributed by atoms with van der Waals surface area (Å²) in [5.41, 5.74) is 1.000. The zero-order chi connectivity index (χ0) is 14.4. The lowest BCUT2D eigenvalue weighted by atomic mass is 10.2. The third kappa shape index (κ3) is 3.92. The van der Waals surface area contributed by atoms with E-state index in [1.807, 2.05) is 6.07 Å². The molecule has 1 aromatic carbocycles. The van der Waals surface area contributed by atoms with Gasteiger partial charge in [0.15, 0.2) is 6.29 Å². The lowest BCUT2D eigenvalue weighted by Gasteiger charge is -2.13. The van der Waals surface area contributed by atoms with E-state index < -0.39 is 6.29 Å². The van der Waals surface area contributed by atoms with Crippen LogP contribution in [0.15, 0.2) is 29.4 Å². The van der Waals surface area contributed by atoms with Crippen molar-refractivity contribution in [2.75, 3.05) is 14.2 Å². The summed E-state index contributed by atoms with van der Waals surface area (Å²) in [4.78, 5) is 0. The number of ether oxygens (including phenoxy) is 2. The Morgan fingerprint density at radius 3 is 2.85 bits per heavy atom. The molecule has 1 heterocycles. The smallest absolute Gasteiger partial charge is 0.209 e. The number of hydrogen-bond acceptors (Lipinski definition) is 7. The number of thioether (sulfide) groups is 1. The molecule has 1 aromatic heterocycles. The first-order valence-corrected chi connectivity index (χ1v) is 6.94. The summed E-state index contributed by atoms with van der Waals surface area (Å²) in [5.74, 6) is 0.917. The van der Waals surface area contributed by atoms with E-state index in [2.05, 4.69) is 15.5 Å². The van der Waals surface area contributed by atoms with Gasteiger partial charge in [-0.25, -0.2) is 4.68 Å². The molecule has 20 heavy (non-hydrogen) atoms. The minimum atomic E-state index is -0.390. The molecule has 0 saturated carbocycles. The standard InChI is InChI=1S/C12H16N4O3S/c1-18-11(19-2)7-16-12(13-14-15-16)20-8-9-4-3-5-10(17)6-9/h3-6,11,17H,7-8H2,1-2H3. The van der Waals surface area contributed by atoms with Gasteiger partial charge in [-0.1, -0.05) is 23.9 Å². The largest absolute Gasteiger partial charge is 0.508 e. The number of methoxy groups -OCH3 is 2. The molecule has 0 unspecified atom stereocenters. The van der Waals surface area contributed by atoms with Crippen molar-refractivity contribution in [1.29, 1.82) is 0 Å². The lowest BCUT2D eigenvalue weighted by Crippen LogP contribution is -2.21. The van der Waals surface area contributed by atoms with E-state index in [0.29, 0.717) is 17.5 Å². The fourth-order valence-electron chi connectivity index (χ4n) is 1.60. The van der Waals surface area contributed by atoms with Gasteiger partial charge in [-0.05, 0) is 28.1 Å². The van der Waals surface area contributed by atoms with Gasteiger partial charge in [-0.2, -0.15) is 0 Å². The highest BCUT2D eigenvalue weighted by atomic mass is 32.2. The lowest BCUT2D eigenvalue weighted by molar-refractivity contribution is -0.113. The van der Waals surface area contributed by atoms with Gasteiger partial charge < -0.3 is 14.6 Å². The van der Waals surface area contributed by atoms with E-state index in [9.17, 15) is 5.11 Å². The summed E-state index contributed by atoms with van der Waals surface area (Å²) in [5, 5.41) is 21.6. The first-order valence-electron chi connectivity index (χ1n) is 5.95. The molecular weight excluding hydrogens is 280 g/mol. The monoisotopic (exact) mass is 296 g/mol. The highest BCUT2D eigenvalue weighted by Gasteiger charge is 2.13. The molecule has 0 amide bonds. The van der Waals surface area contributed by atoms with Gasteiger partial charge in [0.25, 0.3) is 0 Å². The number of hydrogen-bond donors (Lipinski definition) is 1. The van der Waals surface area contributed by atoms with E-state index in [1.165, 1.54) is 11.8 Å². The summed E-state index contributed by atoms with van der Waals surface area (Å²) in [7, 11) is 3.14. The first kappa shape index (κ1) is 14.8. The summed E-state index contributed by atoms with van der Waals surface area (Å²) >= 11 is 1.48. The molecule has 0 radical (unpaired) electrons. The van der Waals surface area contributed by atoms with Crippen LogP contribution < -0.4 is 0 Å². The number of aromatic hydroxyl groups is 1. The minimum absolute atomic E-state index is 0.251. The van der Waals surface area contributed by atoms with Crippen LogP contribution in [-0.4, -0.2) is 45.8 Å². The number of aromatic nitrogens is 4. The zero-order valence-corrected chi connectivity index (χ0v) is 12.1. The number of benzene rings is 1. The van der Waals surface area contributed by atoms with Gasteiger partial charge in [-0.15, -0.1) is 5.10 Å². The molecule has 0 aliphatic rings. The van der Waals surface area contributed by atoms with E-state index in [4.69, 9.17) is 9.47 Å². The van der Waals surface area contributed by atoms with Crippen LogP contribution in [0.2, 0.25) is 0 Å².